The largest absolute Gasteiger partial charge is 0.468 e. The quantitative estimate of drug-likeness (QED) is 0.0822. The van der Waals surface area contributed by atoms with Crippen LogP contribution in [-0.2, 0) is 9.47 Å². The number of fused-ring (bicyclic) bond motifs is 3. The average Bonchev–Trinajstić information content (AvgIpc) is 3.75. The Balaban J connectivity index is 1.27. The molecule has 14 heteroatoms. The second-order valence-electron chi connectivity index (χ2n) is 20.2. The molecule has 2 aromatic heterocycles. The number of hydrogen-bond donors (Lipinski definition) is 0. The van der Waals surface area contributed by atoms with E-state index in [1.807, 2.05) is 49.9 Å². The molecule has 0 N–H and O–H groups in total. The molecule has 4 fully saturated rings. The highest BCUT2D eigenvalue weighted by Gasteiger charge is 2.55. The van der Waals surface area contributed by atoms with Crippen molar-refractivity contribution in [2.45, 2.75) is 134 Å². The molecule has 1 spiro atoms. The van der Waals surface area contributed by atoms with Crippen LogP contribution in [0.2, 0.25) is 16.6 Å². The van der Waals surface area contributed by atoms with Gasteiger partial charge in [0.2, 0.25) is 0 Å². The first-order chi connectivity index (χ1) is 29.9. The first-order valence-electron chi connectivity index (χ1n) is 22.8. The summed E-state index contributed by atoms with van der Waals surface area (Å²) < 4.78 is 56.3. The number of methoxy groups -OCH3 is 1. The van der Waals surface area contributed by atoms with E-state index in [1.165, 1.54) is 0 Å². The summed E-state index contributed by atoms with van der Waals surface area (Å²) in [5.41, 5.74) is 5.07. The number of anilines is 1. The van der Waals surface area contributed by atoms with Crippen LogP contribution >= 0.6 is 0 Å². The van der Waals surface area contributed by atoms with Crippen molar-refractivity contribution in [3.05, 3.63) is 47.9 Å². The lowest BCUT2D eigenvalue weighted by molar-refractivity contribution is 0.0106. The first-order valence-corrected chi connectivity index (χ1v) is 25.0. The van der Waals surface area contributed by atoms with Crippen molar-refractivity contribution in [1.29, 1.82) is 0 Å². The number of pyridine rings is 1. The Bertz CT molecular complexity index is 2420. The summed E-state index contributed by atoms with van der Waals surface area (Å²) in [6.45, 7) is 22.0. The number of alkyl halides is 1. The number of nitrogens with zero attached hydrogens (tertiary/aromatic N) is 6. The lowest BCUT2D eigenvalue weighted by Gasteiger charge is -2.43. The lowest BCUT2D eigenvalue weighted by Crippen LogP contribution is -2.58. The van der Waals surface area contributed by atoms with Crippen LogP contribution in [0.1, 0.15) is 100.0 Å². The SMILES string of the molecule is COCOc1cc(-c2ncc3c(N4CCN(C(=O)OC(C)(C)C)C5(CC5)C4)nc(OC[C@@]45CCCN4C[C@H](F)C5)nc3c2F)c2c(C#C[Si](C(C)C)(C(C)C)C(C)C)cccc2c1. The summed E-state index contributed by atoms with van der Waals surface area (Å²) in [5.74, 6) is 3.98. The van der Waals surface area contributed by atoms with E-state index >= 15 is 4.39 Å². The van der Waals surface area contributed by atoms with Crippen molar-refractivity contribution < 1.29 is 32.5 Å². The number of carbonyl (C=O) groups excluding carboxylic acids is 1. The second kappa shape index (κ2) is 17.1. The number of rotatable bonds is 11. The monoisotopic (exact) mass is 882 g/mol. The molecular weight excluding hydrogens is 819 g/mol. The molecule has 0 unspecified atom stereocenters. The van der Waals surface area contributed by atoms with E-state index in [-0.39, 0.29) is 36.7 Å². The van der Waals surface area contributed by atoms with Gasteiger partial charge in [-0.3, -0.25) is 14.8 Å². The molecule has 4 aliphatic rings. The Kier molecular flexibility index (Phi) is 12.2. The summed E-state index contributed by atoms with van der Waals surface area (Å²) in [6, 6.07) is 9.70. The van der Waals surface area contributed by atoms with E-state index in [1.54, 1.807) is 19.4 Å². The van der Waals surface area contributed by atoms with Crippen LogP contribution in [0.15, 0.2) is 36.5 Å². The van der Waals surface area contributed by atoms with Crippen LogP contribution in [0.25, 0.3) is 32.9 Å². The summed E-state index contributed by atoms with van der Waals surface area (Å²) in [5, 5.41) is 2.01. The van der Waals surface area contributed by atoms with Gasteiger partial charge >= 0.3 is 12.1 Å². The van der Waals surface area contributed by atoms with Crippen molar-refractivity contribution in [2.24, 2.45) is 0 Å². The van der Waals surface area contributed by atoms with Crippen LogP contribution < -0.4 is 14.4 Å². The Morgan fingerprint density at radius 1 is 1.00 bits per heavy atom. The highest BCUT2D eigenvalue weighted by molar-refractivity contribution is 6.90. The first kappa shape index (κ1) is 45.0. The number of aromatic nitrogens is 3. The zero-order valence-corrected chi connectivity index (χ0v) is 39.7. The van der Waals surface area contributed by atoms with Gasteiger partial charge in [-0.1, -0.05) is 59.6 Å². The van der Waals surface area contributed by atoms with Crippen LogP contribution in [-0.4, -0.2) is 115 Å². The van der Waals surface area contributed by atoms with Crippen molar-refractivity contribution in [3.8, 4) is 34.5 Å². The third-order valence-electron chi connectivity index (χ3n) is 14.1. The molecule has 338 valence electrons. The molecule has 3 saturated heterocycles. The second-order valence-corrected chi connectivity index (χ2v) is 25.8. The fourth-order valence-electron chi connectivity index (χ4n) is 11.0. The lowest BCUT2D eigenvalue weighted by atomic mass is 9.95. The average molecular weight is 883 g/mol. The number of piperazine rings is 1. The molecular formula is C49H64F2N6O5Si. The Morgan fingerprint density at radius 2 is 1.75 bits per heavy atom. The maximum atomic E-state index is 17.9. The van der Waals surface area contributed by atoms with E-state index in [4.69, 9.17) is 33.9 Å². The van der Waals surface area contributed by atoms with Crippen LogP contribution in [0, 0.1) is 17.3 Å². The van der Waals surface area contributed by atoms with Gasteiger partial charge in [0, 0.05) is 62.4 Å². The van der Waals surface area contributed by atoms with Crippen molar-refractivity contribution >= 4 is 41.7 Å². The van der Waals surface area contributed by atoms with Crippen molar-refractivity contribution in [1.82, 2.24) is 24.8 Å². The number of halogens is 2. The molecule has 0 radical (unpaired) electrons. The van der Waals surface area contributed by atoms with Crippen molar-refractivity contribution in [3.63, 3.8) is 0 Å². The molecule has 4 aromatic rings. The molecule has 11 nitrogen and oxygen atoms in total. The van der Waals surface area contributed by atoms with Gasteiger partial charge in [-0.05, 0) is 93.2 Å². The van der Waals surface area contributed by atoms with Crippen molar-refractivity contribution in [2.75, 3.05) is 58.1 Å². The van der Waals surface area contributed by atoms with E-state index in [9.17, 15) is 9.18 Å². The van der Waals surface area contributed by atoms with E-state index < -0.39 is 36.7 Å². The number of hydrogen-bond acceptors (Lipinski definition) is 10. The van der Waals surface area contributed by atoms with E-state index in [0.717, 1.165) is 48.6 Å². The summed E-state index contributed by atoms with van der Waals surface area (Å²) in [4.78, 5) is 34.2. The van der Waals surface area contributed by atoms with Gasteiger partial charge < -0.3 is 23.8 Å². The van der Waals surface area contributed by atoms with Crippen LogP contribution in [0.4, 0.5) is 19.4 Å². The Labute approximate surface area is 372 Å². The number of benzene rings is 2. The minimum Gasteiger partial charge on any atom is -0.468 e. The number of amides is 1. The maximum absolute atomic E-state index is 17.9. The molecule has 1 saturated carbocycles. The minimum absolute atomic E-state index is 0.00535. The van der Waals surface area contributed by atoms with Gasteiger partial charge in [0.15, 0.2) is 12.6 Å². The molecule has 1 amide bonds. The van der Waals surface area contributed by atoms with Gasteiger partial charge in [0.25, 0.3) is 0 Å². The minimum atomic E-state index is -2.14. The fourth-order valence-corrected chi connectivity index (χ4v) is 16.2. The fraction of sp³-hybridized carbons (Fsp3) is 0.592. The summed E-state index contributed by atoms with van der Waals surface area (Å²) in [6.07, 6.45) is 4.13. The van der Waals surface area contributed by atoms with Gasteiger partial charge in [0.1, 0.15) is 49.2 Å². The molecule has 2 atom stereocenters. The topological polar surface area (TPSA) is 102 Å². The predicted molar refractivity (Wildman–Crippen MR) is 246 cm³/mol. The van der Waals surface area contributed by atoms with Gasteiger partial charge in [0.05, 0.1) is 16.5 Å². The predicted octanol–water partition coefficient (Wildman–Crippen LogP) is 10.1. The van der Waals surface area contributed by atoms with Gasteiger partial charge in [-0.15, -0.1) is 5.54 Å². The van der Waals surface area contributed by atoms with Gasteiger partial charge in [-0.25, -0.2) is 13.6 Å². The number of carbonyl (C=O) groups is 1. The maximum Gasteiger partial charge on any atom is 0.410 e. The highest BCUT2D eigenvalue weighted by atomic mass is 28.3. The van der Waals surface area contributed by atoms with E-state index in [2.05, 4.69) is 62.8 Å². The molecule has 0 bridgehead atoms. The third kappa shape index (κ3) is 8.45. The number of ether oxygens (including phenoxy) is 4. The molecule has 3 aliphatic heterocycles. The molecule has 63 heavy (non-hydrogen) atoms. The zero-order chi connectivity index (χ0) is 45.1. The molecule has 5 heterocycles. The Morgan fingerprint density at radius 3 is 2.43 bits per heavy atom. The van der Waals surface area contributed by atoms with Crippen LogP contribution in [0.5, 0.6) is 11.8 Å². The van der Waals surface area contributed by atoms with Gasteiger partial charge in [-0.2, -0.15) is 9.97 Å². The standard InChI is InChI=1S/C49H64F2N6O5Si/c1-31(2)63(32(3)4,33(5)6)22-15-34-13-11-14-35-23-37(61-30-59-10)24-38(40(34)35)42-41(51)43-39(26-52-42)44(54-45(53-43)60-29-49-16-12-19-56(49)27-36(50)25-49)55-20-21-57(48(28-55)17-18-48)46(58)62-47(7,8)9/h11,13-14,23-24,26,31-33,36H,12,16-21,25,27-30H2,1-10H3/t36-,49+/m1/s1. The Hall–Kier alpha value is -4.58. The smallest absolute Gasteiger partial charge is 0.410 e. The normalized spacial score (nSPS) is 21.2. The molecule has 2 aromatic carbocycles. The summed E-state index contributed by atoms with van der Waals surface area (Å²) >= 11 is 0. The van der Waals surface area contributed by atoms with Crippen LogP contribution in [0.3, 0.4) is 0 Å². The van der Waals surface area contributed by atoms with E-state index in [0.29, 0.717) is 71.7 Å². The highest BCUT2D eigenvalue weighted by Crippen LogP contribution is 2.48. The zero-order valence-electron chi connectivity index (χ0n) is 38.7. The molecule has 1 aliphatic carbocycles. The molecule has 8 rings (SSSR count). The third-order valence-corrected chi connectivity index (χ3v) is 20.4. The summed E-state index contributed by atoms with van der Waals surface area (Å²) in [7, 11) is -0.581.